The minimum atomic E-state index is -4.08. The van der Waals surface area contributed by atoms with Crippen molar-refractivity contribution in [3.8, 4) is 0 Å². The number of rotatable bonds is 11. The Morgan fingerprint density at radius 2 is 1.71 bits per heavy atom. The highest BCUT2D eigenvalue weighted by molar-refractivity contribution is 7.89. The number of sulfonamides is 1. The lowest BCUT2D eigenvalue weighted by atomic mass is 10.1. The molecule has 10 heteroatoms. The fourth-order valence-electron chi connectivity index (χ4n) is 3.45. The normalized spacial score (nSPS) is 12.4. The minimum Gasteiger partial charge on any atom is -0.323 e. The van der Waals surface area contributed by atoms with Crippen LogP contribution in [0.2, 0.25) is 10.0 Å². The zero-order chi connectivity index (χ0) is 24.7. The molecule has 0 aliphatic carbocycles. The molecule has 1 amide bonds. The second-order valence-electron chi connectivity index (χ2n) is 7.99. The number of aromatic nitrogens is 1. The molecule has 1 heterocycles. The van der Waals surface area contributed by atoms with E-state index >= 15 is 0 Å². The van der Waals surface area contributed by atoms with E-state index in [1.165, 1.54) is 31.3 Å². The van der Waals surface area contributed by atoms with Gasteiger partial charge in [-0.3, -0.25) is 9.78 Å². The number of nitrogens with one attached hydrogen (secondary N) is 2. The van der Waals surface area contributed by atoms with Gasteiger partial charge < -0.3 is 10.1 Å². The molecule has 2 N–H and O–H groups in total. The number of halogens is 2. The summed E-state index contributed by atoms with van der Waals surface area (Å²) in [5.41, 5.74) is 1.23. The Bertz CT molecular complexity index is 1280. The van der Waals surface area contributed by atoms with Gasteiger partial charge in [0.15, 0.2) is 0 Å². The van der Waals surface area contributed by atoms with Crippen LogP contribution in [0.15, 0.2) is 59.6 Å². The zero-order valence-electron chi connectivity index (χ0n) is 18.6. The van der Waals surface area contributed by atoms with Crippen LogP contribution in [0.5, 0.6) is 0 Å². The third kappa shape index (κ3) is 7.50. The van der Waals surface area contributed by atoms with E-state index in [2.05, 4.69) is 15.0 Å². The highest BCUT2D eigenvalue weighted by atomic mass is 35.5. The van der Waals surface area contributed by atoms with Crippen LogP contribution in [0.4, 0.5) is 5.69 Å². The summed E-state index contributed by atoms with van der Waals surface area (Å²) in [5.74, 6) is -0.419. The maximum absolute atomic E-state index is 13.1. The van der Waals surface area contributed by atoms with Gasteiger partial charge in [-0.2, -0.15) is 4.72 Å². The number of pyridine rings is 1. The fourth-order valence-corrected chi connectivity index (χ4v) is 5.41. The molecule has 0 saturated heterocycles. The highest BCUT2D eigenvalue weighted by Gasteiger charge is 2.26. The zero-order valence-corrected chi connectivity index (χ0v) is 20.9. The number of hydrogen-bond donors (Lipinski definition) is 2. The number of carbonyl (C=O) groups excluding carboxylic acids is 2. The number of Topliss-reactive ketones (excluding diaryl/α,β-unsaturated/α-hetero) is 1. The Kier molecular flexibility index (Phi) is 9.02. The molecule has 0 fully saturated rings. The van der Waals surface area contributed by atoms with E-state index in [-0.39, 0.29) is 27.1 Å². The molecule has 1 aromatic heterocycles. The summed E-state index contributed by atoms with van der Waals surface area (Å²) >= 11 is 11.9. The first-order valence-corrected chi connectivity index (χ1v) is 13.0. The molecule has 180 valence electrons. The number of anilines is 1. The van der Waals surface area contributed by atoms with Gasteiger partial charge in [0.05, 0.1) is 22.3 Å². The van der Waals surface area contributed by atoms with Crippen LogP contribution in [0.3, 0.4) is 0 Å². The van der Waals surface area contributed by atoms with E-state index in [0.717, 1.165) is 10.9 Å². The Labute approximate surface area is 208 Å². The number of amides is 1. The summed E-state index contributed by atoms with van der Waals surface area (Å²) in [5, 5.41) is 3.93. The van der Waals surface area contributed by atoms with Gasteiger partial charge in [-0.15, -0.1) is 0 Å². The van der Waals surface area contributed by atoms with E-state index in [1.807, 2.05) is 24.3 Å². The lowest BCUT2D eigenvalue weighted by Gasteiger charge is -2.19. The Balaban J connectivity index is 1.78. The molecule has 7 nitrogen and oxygen atoms in total. The predicted molar refractivity (Wildman–Crippen MR) is 135 cm³/mol. The molecule has 0 saturated carbocycles. The quantitative estimate of drug-likeness (QED) is 0.330. The molecular formula is C24H25Cl2N3O4S. The van der Waals surface area contributed by atoms with Gasteiger partial charge in [0.1, 0.15) is 11.8 Å². The number of para-hydroxylation sites is 1. The standard InChI is InChI=1S/C24H25Cl2N3O4S/c1-16(30)7-3-2-4-10-23(29-34(32,33)21-13-18(25)12-19(26)14-21)24(31)28-20-11-17-8-5-6-9-22(17)27-15-20/h5-6,8-9,11-15,23,29H,2-4,7,10H2,1H3,(H,28,31)/t23-/m0/s1. The molecule has 0 spiro atoms. The van der Waals surface area contributed by atoms with Gasteiger partial charge in [-0.1, -0.05) is 54.2 Å². The van der Waals surface area contributed by atoms with Crippen molar-refractivity contribution in [2.75, 3.05) is 5.32 Å². The van der Waals surface area contributed by atoms with Gasteiger partial charge in [0, 0.05) is 21.9 Å². The monoisotopic (exact) mass is 521 g/mol. The number of fused-ring (bicyclic) bond motifs is 1. The van der Waals surface area contributed by atoms with E-state index < -0.39 is 22.0 Å². The molecule has 0 aliphatic heterocycles. The van der Waals surface area contributed by atoms with Gasteiger partial charge in [-0.25, -0.2) is 8.42 Å². The smallest absolute Gasteiger partial charge is 0.242 e. The van der Waals surface area contributed by atoms with Gasteiger partial charge in [-0.05, 0) is 50.1 Å². The molecule has 0 unspecified atom stereocenters. The largest absolute Gasteiger partial charge is 0.323 e. The molecule has 0 aliphatic rings. The third-order valence-electron chi connectivity index (χ3n) is 5.14. The van der Waals surface area contributed by atoms with Crippen molar-refractivity contribution >= 4 is 61.5 Å². The summed E-state index contributed by atoms with van der Waals surface area (Å²) < 4.78 is 28.5. The Morgan fingerprint density at radius 3 is 2.41 bits per heavy atom. The first kappa shape index (κ1) is 26.1. The maximum Gasteiger partial charge on any atom is 0.242 e. The van der Waals surface area contributed by atoms with Gasteiger partial charge in [0.25, 0.3) is 0 Å². The summed E-state index contributed by atoms with van der Waals surface area (Å²) in [7, 11) is -4.08. The molecule has 0 bridgehead atoms. The molecule has 1 atom stereocenters. The van der Waals surface area contributed by atoms with Crippen LogP contribution >= 0.6 is 23.2 Å². The number of ketones is 1. The number of hydrogen-bond acceptors (Lipinski definition) is 5. The van der Waals surface area contributed by atoms with E-state index in [4.69, 9.17) is 23.2 Å². The molecule has 2 aromatic carbocycles. The SMILES string of the molecule is CC(=O)CCCCC[C@H](NS(=O)(=O)c1cc(Cl)cc(Cl)c1)C(=O)Nc1cnc2ccccc2c1. The Hall–Kier alpha value is -2.52. The molecular weight excluding hydrogens is 497 g/mol. The summed E-state index contributed by atoms with van der Waals surface area (Å²) in [6, 6.07) is 12.1. The molecule has 3 rings (SSSR count). The second-order valence-corrected chi connectivity index (χ2v) is 10.6. The first-order valence-electron chi connectivity index (χ1n) is 10.8. The van der Waals surface area contributed by atoms with Crippen LogP contribution in [-0.4, -0.2) is 31.1 Å². The van der Waals surface area contributed by atoms with Crippen LogP contribution in [0.25, 0.3) is 10.9 Å². The Morgan fingerprint density at radius 1 is 1.00 bits per heavy atom. The predicted octanol–water partition coefficient (Wildman–Crippen LogP) is 5.37. The van der Waals surface area contributed by atoms with Crippen molar-refractivity contribution < 1.29 is 18.0 Å². The van der Waals surface area contributed by atoms with Crippen LogP contribution in [0.1, 0.15) is 39.0 Å². The van der Waals surface area contributed by atoms with E-state index in [1.54, 1.807) is 6.07 Å². The summed E-state index contributed by atoms with van der Waals surface area (Å²) in [6.45, 7) is 1.53. The molecule has 3 aromatic rings. The number of unbranched alkanes of at least 4 members (excludes halogenated alkanes) is 2. The minimum absolute atomic E-state index is 0.0941. The number of nitrogens with zero attached hydrogens (tertiary/aromatic N) is 1. The van der Waals surface area contributed by atoms with Gasteiger partial charge >= 0.3 is 0 Å². The van der Waals surface area contributed by atoms with Crippen molar-refractivity contribution in [2.45, 2.75) is 50.0 Å². The van der Waals surface area contributed by atoms with Crippen molar-refractivity contribution in [3.63, 3.8) is 0 Å². The molecule has 34 heavy (non-hydrogen) atoms. The number of benzene rings is 2. The van der Waals surface area contributed by atoms with Crippen molar-refractivity contribution in [1.82, 2.24) is 9.71 Å². The maximum atomic E-state index is 13.1. The first-order chi connectivity index (χ1) is 16.1. The lowest BCUT2D eigenvalue weighted by molar-refractivity contribution is -0.118. The van der Waals surface area contributed by atoms with Crippen molar-refractivity contribution in [2.24, 2.45) is 0 Å². The van der Waals surface area contributed by atoms with E-state index in [0.29, 0.717) is 31.4 Å². The lowest BCUT2D eigenvalue weighted by Crippen LogP contribution is -2.43. The van der Waals surface area contributed by atoms with Crippen LogP contribution in [-0.2, 0) is 19.6 Å². The van der Waals surface area contributed by atoms with E-state index in [9.17, 15) is 18.0 Å². The third-order valence-corrected chi connectivity index (χ3v) is 7.03. The van der Waals surface area contributed by atoms with Gasteiger partial charge in [0.2, 0.25) is 15.9 Å². The summed E-state index contributed by atoms with van der Waals surface area (Å²) in [4.78, 5) is 28.4. The van der Waals surface area contributed by atoms with Crippen molar-refractivity contribution in [1.29, 1.82) is 0 Å². The topological polar surface area (TPSA) is 105 Å². The van der Waals surface area contributed by atoms with Crippen LogP contribution < -0.4 is 10.0 Å². The number of carbonyl (C=O) groups is 2. The average Bonchev–Trinajstić information content (AvgIpc) is 2.77. The fraction of sp³-hybridized carbons (Fsp3) is 0.292. The summed E-state index contributed by atoms with van der Waals surface area (Å²) in [6.07, 6.45) is 4.14. The molecule has 0 radical (unpaired) electrons. The van der Waals surface area contributed by atoms with Crippen LogP contribution in [0, 0.1) is 0 Å². The van der Waals surface area contributed by atoms with Crippen molar-refractivity contribution in [3.05, 3.63) is 64.8 Å². The highest BCUT2D eigenvalue weighted by Crippen LogP contribution is 2.23. The second kappa shape index (κ2) is 11.8. The average molecular weight is 522 g/mol.